The first-order valence-corrected chi connectivity index (χ1v) is 26.8. The Bertz CT molecular complexity index is 3070. The van der Waals surface area contributed by atoms with Crippen LogP contribution in [-0.4, -0.2) is 122 Å². The van der Waals surface area contributed by atoms with E-state index in [-0.39, 0.29) is 17.4 Å². The van der Waals surface area contributed by atoms with Crippen LogP contribution in [0.2, 0.25) is 0 Å². The third-order valence-corrected chi connectivity index (χ3v) is 15.0. The number of alkyl halides is 6. The monoisotopic (exact) mass is 1230 g/mol. The molecule has 0 aliphatic carbocycles. The van der Waals surface area contributed by atoms with Gasteiger partial charge in [-0.05, 0) is 119 Å². The zero-order chi connectivity index (χ0) is 61.8. The van der Waals surface area contributed by atoms with E-state index in [9.17, 15) is 31.4 Å². The van der Waals surface area contributed by atoms with E-state index in [0.717, 1.165) is 5.46 Å². The van der Waals surface area contributed by atoms with Crippen LogP contribution < -0.4 is 24.4 Å². The van der Waals surface area contributed by atoms with Gasteiger partial charge in [0.05, 0.1) is 77.2 Å². The lowest BCUT2D eigenvalue weighted by atomic mass is 9.69. The maximum Gasteiger partial charge on any atom is 0.641 e. The molecule has 2 saturated heterocycles. The molecule has 1 N–H and O–H groups in total. The number of aromatic nitrogens is 8. The van der Waals surface area contributed by atoms with Crippen LogP contribution in [0.3, 0.4) is 0 Å². The van der Waals surface area contributed by atoms with Gasteiger partial charge < -0.3 is 47.3 Å². The lowest BCUT2D eigenvalue weighted by Gasteiger charge is -2.45. The summed E-state index contributed by atoms with van der Waals surface area (Å²) in [7, 11) is 1.51. The number of rotatable bonds is 14. The molecule has 2 aliphatic heterocycles. The fourth-order valence-electron chi connectivity index (χ4n) is 8.49. The molecule has 0 saturated carbocycles. The van der Waals surface area contributed by atoms with Gasteiger partial charge in [0.1, 0.15) is 40.0 Å². The van der Waals surface area contributed by atoms with Crippen LogP contribution in [0.25, 0.3) is 11.3 Å². The Kier molecular flexibility index (Phi) is 19.8. The SMILES string of the molecule is COc1ncncc1C(O)(c1ccc(-c2ccc(OCC(F)(F)F)cn2)cn1)C(C)(C)C.COc1ncncc1C(OB1OC(C)(C)C(C)(C)O1)(c1ccc(B2OC(C)(C)C(C)(C)O2)cn1)C(C)(C)C.FC(F)(F)COc1ccc(Br)nc1. The van der Waals surface area contributed by atoms with Gasteiger partial charge in [0.25, 0.3) is 0 Å². The van der Waals surface area contributed by atoms with E-state index >= 15 is 0 Å². The molecule has 2 aliphatic rings. The summed E-state index contributed by atoms with van der Waals surface area (Å²) in [6.45, 7) is 25.1. The molecule has 0 amide bonds. The largest absolute Gasteiger partial charge is 0.641 e. The second-order valence-electron chi connectivity index (χ2n) is 23.4. The average molecular weight is 1230 g/mol. The van der Waals surface area contributed by atoms with E-state index in [0.29, 0.717) is 44.3 Å². The fraction of sp³-hybridized carbons (Fsp3) is 0.500. The maximum absolute atomic E-state index is 12.3. The highest BCUT2D eigenvalue weighted by molar-refractivity contribution is 9.10. The van der Waals surface area contributed by atoms with E-state index in [1.165, 1.54) is 68.8 Å². The number of nitrogens with zero attached hydrogens (tertiary/aromatic N) is 8. The summed E-state index contributed by atoms with van der Waals surface area (Å²) < 4.78 is 124. The molecule has 0 aromatic carbocycles. The first kappa shape index (κ1) is 66.1. The molecule has 6 aromatic rings. The van der Waals surface area contributed by atoms with Crippen molar-refractivity contribution in [3.63, 3.8) is 0 Å². The topological polar surface area (TPSA) is 206 Å². The highest BCUT2D eigenvalue weighted by atomic mass is 79.9. The second-order valence-corrected chi connectivity index (χ2v) is 24.3. The smallest absolute Gasteiger partial charge is 0.483 e. The number of hydrogen-bond acceptors (Lipinski definition) is 18. The van der Waals surface area contributed by atoms with Crippen molar-refractivity contribution in [2.24, 2.45) is 10.8 Å². The summed E-state index contributed by atoms with van der Waals surface area (Å²) >= 11 is 3.05. The highest BCUT2D eigenvalue weighted by Gasteiger charge is 2.60. The van der Waals surface area contributed by atoms with Gasteiger partial charge in [0, 0.05) is 41.2 Å². The molecule has 8 rings (SSSR count). The molecule has 18 nitrogen and oxygen atoms in total. The minimum absolute atomic E-state index is 0.00827. The van der Waals surface area contributed by atoms with E-state index < -0.39 is 84.4 Å². The van der Waals surface area contributed by atoms with Crippen LogP contribution in [-0.2, 0) is 34.5 Å². The van der Waals surface area contributed by atoms with Crippen molar-refractivity contribution in [1.82, 2.24) is 39.9 Å². The van der Waals surface area contributed by atoms with E-state index in [4.69, 9.17) is 37.7 Å². The quantitative estimate of drug-likeness (QED) is 0.0611. The molecule has 448 valence electrons. The lowest BCUT2D eigenvalue weighted by molar-refractivity contribution is -0.154. The van der Waals surface area contributed by atoms with Crippen molar-refractivity contribution in [3.05, 3.63) is 125 Å². The van der Waals surface area contributed by atoms with E-state index in [1.807, 2.05) is 88.3 Å². The summed E-state index contributed by atoms with van der Waals surface area (Å²) in [4.78, 5) is 34.0. The molecule has 0 radical (unpaired) electrons. The summed E-state index contributed by atoms with van der Waals surface area (Å²) in [5, 5.41) is 11.8. The number of ether oxygens (including phenoxy) is 4. The van der Waals surface area contributed by atoms with Gasteiger partial charge in [-0.15, -0.1) is 0 Å². The Balaban J connectivity index is 0.000000222. The predicted octanol–water partition coefficient (Wildman–Crippen LogP) is 11.0. The summed E-state index contributed by atoms with van der Waals surface area (Å²) in [5.74, 6) is 0.720. The number of pyridine rings is 4. The van der Waals surface area contributed by atoms with Crippen LogP contribution >= 0.6 is 15.9 Å². The van der Waals surface area contributed by atoms with Crippen LogP contribution in [0.15, 0.2) is 103 Å². The molecular weight excluding hydrogens is 1160 g/mol. The molecule has 0 spiro atoms. The van der Waals surface area contributed by atoms with Gasteiger partial charge >= 0.3 is 26.8 Å². The average Bonchev–Trinajstić information content (AvgIpc) is 2.25. The molecule has 6 aromatic heterocycles. The third kappa shape index (κ3) is 15.2. The number of hydrogen-bond donors (Lipinski definition) is 1. The molecule has 27 heteroatoms. The Hall–Kier alpha value is -6.09. The van der Waals surface area contributed by atoms with Gasteiger partial charge in [0.15, 0.2) is 13.2 Å². The minimum atomic E-state index is -4.42. The zero-order valence-electron chi connectivity index (χ0n) is 49.2. The Morgan fingerprint density at radius 2 is 1.01 bits per heavy atom. The van der Waals surface area contributed by atoms with Gasteiger partial charge in [-0.1, -0.05) is 47.6 Å². The highest BCUT2D eigenvalue weighted by Crippen LogP contribution is 2.52. The second kappa shape index (κ2) is 24.9. The predicted molar refractivity (Wildman–Crippen MR) is 299 cm³/mol. The Morgan fingerprint density at radius 1 is 0.530 bits per heavy atom. The molecule has 2 fully saturated rings. The lowest BCUT2D eigenvalue weighted by Crippen LogP contribution is -2.49. The van der Waals surface area contributed by atoms with Crippen molar-refractivity contribution in [3.8, 4) is 34.5 Å². The van der Waals surface area contributed by atoms with Crippen molar-refractivity contribution in [2.45, 2.75) is 143 Å². The van der Waals surface area contributed by atoms with Gasteiger partial charge in [0.2, 0.25) is 11.8 Å². The normalized spacial score (nSPS) is 17.9. The molecule has 2 atom stereocenters. The van der Waals surface area contributed by atoms with Crippen LogP contribution in [0.5, 0.6) is 23.3 Å². The first-order chi connectivity index (χ1) is 38.3. The maximum atomic E-state index is 12.3. The number of halogens is 7. The Labute approximate surface area is 488 Å². The van der Waals surface area contributed by atoms with Gasteiger partial charge in [-0.2, -0.15) is 26.3 Å². The summed E-state index contributed by atoms with van der Waals surface area (Å²) in [6, 6.07) is 13.1. The van der Waals surface area contributed by atoms with Crippen molar-refractivity contribution < 1.29 is 73.7 Å². The minimum Gasteiger partial charge on any atom is -0.483 e. The van der Waals surface area contributed by atoms with Crippen molar-refractivity contribution in [1.29, 1.82) is 0 Å². The molecule has 2 unspecified atom stereocenters. The molecule has 0 bridgehead atoms. The summed E-state index contributed by atoms with van der Waals surface area (Å²) in [5.41, 5.74) is -2.28. The zero-order valence-corrected chi connectivity index (χ0v) is 50.7. The van der Waals surface area contributed by atoms with E-state index in [1.54, 1.807) is 31.6 Å². The Morgan fingerprint density at radius 3 is 1.43 bits per heavy atom. The number of aliphatic hydroxyl groups is 1. The molecule has 8 heterocycles. The first-order valence-electron chi connectivity index (χ1n) is 26.0. The number of methoxy groups -OCH3 is 2. The van der Waals surface area contributed by atoms with Crippen LogP contribution in [0.1, 0.15) is 119 Å². The molecular formula is C56H69B2BrF6N8O10. The standard InChI is InChI=1S/C27H41B2N3O6.C22H23F3N4O3.C7H5BrF3NO/c1-22(2,3)27(19-16-30-17-32-21(19)33-12,38-29-36-25(8,9)26(10,11)37-29)20-14-13-18(15-31-20)28-34-23(4,5)24(6,7)35-28;1-20(2,3)22(30,16-11-26-13-29-19(16)31-4)18-8-5-14(9-28-18)17-7-6-15(10-27-17)32-12-21(23,24)25;8-6-2-1-5(3-12-6)13-4-7(9,10)11/h13-17H,1-12H3;5-11,13,30H,12H2,1-4H3;1-3H,4H2. The summed E-state index contributed by atoms with van der Waals surface area (Å²) in [6.07, 6.45) is 2.96. The van der Waals surface area contributed by atoms with E-state index in [2.05, 4.69) is 81.1 Å². The van der Waals surface area contributed by atoms with Gasteiger partial charge in [-0.3, -0.25) is 15.0 Å². The third-order valence-electron chi connectivity index (χ3n) is 14.5. The van der Waals surface area contributed by atoms with Crippen LogP contribution in [0, 0.1) is 10.8 Å². The molecule has 83 heavy (non-hydrogen) atoms. The van der Waals surface area contributed by atoms with Crippen LogP contribution in [0.4, 0.5) is 26.3 Å². The van der Waals surface area contributed by atoms with Gasteiger partial charge in [-0.25, -0.2) is 24.9 Å². The fourth-order valence-corrected chi connectivity index (χ4v) is 8.73. The van der Waals surface area contributed by atoms with Crippen molar-refractivity contribution >= 4 is 35.8 Å². The van der Waals surface area contributed by atoms with Crippen molar-refractivity contribution in [2.75, 3.05) is 27.4 Å².